The van der Waals surface area contributed by atoms with Gasteiger partial charge in [0.25, 0.3) is 22.7 Å². The van der Waals surface area contributed by atoms with Crippen LogP contribution in [-0.2, 0) is 36.8 Å². The van der Waals surface area contributed by atoms with Crippen LogP contribution in [0.15, 0.2) is 285 Å². The summed E-state index contributed by atoms with van der Waals surface area (Å²) < 4.78 is 37.8. The molecule has 0 radical (unpaired) electrons. The van der Waals surface area contributed by atoms with Crippen molar-refractivity contribution in [2.45, 2.75) is 64.6 Å². The predicted octanol–water partition coefficient (Wildman–Crippen LogP) is 30.3. The van der Waals surface area contributed by atoms with Crippen LogP contribution in [0.3, 0.4) is 0 Å². The lowest BCUT2D eigenvalue weighted by molar-refractivity contribution is -0.385. The molecule has 0 aliphatic rings. The van der Waals surface area contributed by atoms with Gasteiger partial charge in [-0.05, 0) is 231 Å². The zero-order valence-corrected chi connectivity index (χ0v) is 85.6. The summed E-state index contributed by atoms with van der Waals surface area (Å²) in [6.07, 6.45) is -0.737. The number of carbonyl (C=O) groups is 7. The number of carboxylic acid groups (broad SMARTS) is 7. The maximum Gasteiger partial charge on any atom is 0.416 e. The van der Waals surface area contributed by atoms with Gasteiger partial charge in [0.05, 0.1) is 91.7 Å². The topological polar surface area (TPSA) is 518 Å². The Hall–Kier alpha value is -15.7. The average molecular weight is 2250 g/mol. The number of nitro benzene ring substituents is 4. The van der Waals surface area contributed by atoms with Crippen LogP contribution in [0, 0.1) is 47.4 Å². The second kappa shape index (κ2) is 58.1. The van der Waals surface area contributed by atoms with E-state index in [4.69, 9.17) is 147 Å². The standard InChI is InChI=1S/C16H14Cl2N2O4.C16H16N2O4.C15H12Cl2N2O4.C15H13Cl2NO2.C14H10Cl2N2O4.C14H11Cl2NO2.C14H10F3NO2/c17-11-6-10(7-12(18)8-11)2-1-5-19-15-4-3-13(20(23)24)9-14(15)16(21)22;19-16(20)14-11-13(18(21)22)8-9-15(14)17-10-4-7-12-5-2-1-3-6-12;16-10-5-9(6-11(17)7-10)3-4-18-14-2-1-12(19(22)23)8-13(14)15(20)21;1-9(15(19)20)13-4-2-3-5-14(13)18-12-7-10(16)6-11(17)8-12;15-9-3-8(4-10(16)5-9)7-17-13-2-1-11(18(21)22)6-12(13)14(19)20;1-8-6-7-10(15)13(12(8)16)17-11-5-3-2-4-9(11)14(18)19;15-14(16,17)9-4-3-5-10(8-9)18-12-7-2-1-6-11(12)13(19)20/h3-4,6-9,19H,1-2,5H2,(H,21,22);1-3,5-6,8-9,11,17H,4,7,10H2,(H,19,20);1-2,5-8,18H,3-4H2,(H,20,21);2-9,18H,1H3,(H,19,20);1-6,17H,7H2,(H,19,20);2-7,17H,1H3,(H,18,19);1-8,18H,(H,19,20). The number of rotatable bonds is 35. The molecule has 14 N–H and O–H groups in total. The first-order valence-electron chi connectivity index (χ1n) is 43.8. The Morgan fingerprint density at radius 3 is 1.05 bits per heavy atom. The second-order valence-corrected chi connectivity index (χ2v) is 35.9. The maximum absolute atomic E-state index is 12.6. The Labute approximate surface area is 902 Å². The summed E-state index contributed by atoms with van der Waals surface area (Å²) >= 11 is 59.6. The van der Waals surface area contributed by atoms with Gasteiger partial charge in [0, 0.05) is 155 Å². The molecule has 1 atom stereocenters. The highest BCUT2D eigenvalue weighted by molar-refractivity contribution is 6.40. The quantitative estimate of drug-likeness (QED) is 0.00996. The summed E-state index contributed by atoms with van der Waals surface area (Å²) in [7, 11) is 0. The molecule has 0 bridgehead atoms. The molecule has 150 heavy (non-hydrogen) atoms. The zero-order chi connectivity index (χ0) is 110. The molecule has 0 aromatic heterocycles. The number of anilines is 10. The number of nitrogens with zero attached hydrogens (tertiary/aromatic N) is 4. The third-order valence-corrected chi connectivity index (χ3v) is 23.3. The molecule has 1 unspecified atom stereocenters. The molecule has 0 heterocycles. The number of aromatic carboxylic acids is 6. The van der Waals surface area contributed by atoms with Crippen LogP contribution >= 0.6 is 116 Å². The normalized spacial score (nSPS) is 10.6. The minimum Gasteiger partial charge on any atom is -0.481 e. The van der Waals surface area contributed by atoms with E-state index in [1.54, 1.807) is 116 Å². The molecule has 0 fully saturated rings. The zero-order valence-electron chi connectivity index (χ0n) is 78.0. The Kier molecular flexibility index (Phi) is 46.3. The van der Waals surface area contributed by atoms with Crippen molar-refractivity contribution in [2.24, 2.45) is 0 Å². The van der Waals surface area contributed by atoms with Crippen molar-refractivity contribution < 1.29 is 102 Å². The fraction of sp³-hybridized carbons (Fsp3) is 0.125. The highest BCUT2D eigenvalue weighted by Gasteiger charge is 2.31. The van der Waals surface area contributed by atoms with E-state index in [2.05, 4.69) is 37.2 Å². The number of nitro groups is 4. The van der Waals surface area contributed by atoms with Crippen molar-refractivity contribution in [1.29, 1.82) is 0 Å². The monoisotopic (exact) mass is 2250 g/mol. The van der Waals surface area contributed by atoms with Crippen molar-refractivity contribution >= 4 is 237 Å². The Balaban J connectivity index is 0.000000213. The van der Waals surface area contributed by atoms with Gasteiger partial charge >= 0.3 is 48.0 Å². The number of nitrogens with one attached hydrogen (secondary N) is 7. The highest BCUT2D eigenvalue weighted by atomic mass is 35.5. The van der Waals surface area contributed by atoms with Gasteiger partial charge in [-0.3, -0.25) is 45.3 Å². The van der Waals surface area contributed by atoms with Crippen LogP contribution in [0.4, 0.5) is 92.8 Å². The van der Waals surface area contributed by atoms with Crippen molar-refractivity contribution in [3.8, 4) is 0 Å². The third kappa shape index (κ3) is 38.5. The third-order valence-electron chi connectivity index (χ3n) is 20.8. The molecule has 0 aliphatic heterocycles. The Morgan fingerprint density at radius 2 is 0.660 bits per heavy atom. The lowest BCUT2D eigenvalue weighted by atomic mass is 9.99. The van der Waals surface area contributed by atoms with E-state index < -0.39 is 79.1 Å². The molecule has 14 rings (SSSR count). The van der Waals surface area contributed by atoms with Crippen LogP contribution in [0.2, 0.25) is 50.2 Å². The van der Waals surface area contributed by atoms with Crippen LogP contribution < -0.4 is 37.2 Å². The first-order chi connectivity index (χ1) is 71.0. The number of aryl methyl sites for hydroxylation is 3. The van der Waals surface area contributed by atoms with Gasteiger partial charge in [-0.15, -0.1) is 0 Å². The summed E-state index contributed by atoms with van der Waals surface area (Å²) in [6.45, 7) is 5.29. The summed E-state index contributed by atoms with van der Waals surface area (Å²) in [6, 6.07) is 73.2. The van der Waals surface area contributed by atoms with Gasteiger partial charge < -0.3 is 73.0 Å². The molecule has 0 aliphatic carbocycles. The maximum atomic E-state index is 12.6. The summed E-state index contributed by atoms with van der Waals surface area (Å²) in [5, 5.41) is 133. The molecule has 14 aromatic carbocycles. The average Bonchev–Trinajstić information content (AvgIpc) is 0.825. The lowest BCUT2D eigenvalue weighted by Gasteiger charge is -2.15. The number of halogens is 13. The fourth-order valence-corrected chi connectivity index (χ4v) is 16.3. The molecule has 46 heteroatoms. The molecule has 0 saturated heterocycles. The van der Waals surface area contributed by atoms with E-state index in [1.807, 2.05) is 67.6 Å². The van der Waals surface area contributed by atoms with Crippen molar-refractivity contribution in [1.82, 2.24) is 0 Å². The number of benzene rings is 14. The molecule has 0 amide bonds. The molecular weight excluding hydrogens is 2170 g/mol. The SMILES string of the molecule is CC(C(=O)O)c1ccccc1Nc1cc(Cl)cc(Cl)c1.Cc1ccc(Cl)c(Nc2ccccc2C(=O)O)c1Cl.O=C(O)c1cc([N+](=O)[O-])ccc1NCCCc1cc(Cl)cc(Cl)c1.O=C(O)c1cc([N+](=O)[O-])ccc1NCCCc1ccccc1.O=C(O)c1cc([N+](=O)[O-])ccc1NCCc1cc(Cl)cc(Cl)c1.O=C(O)c1cc([N+](=O)[O-])ccc1NCc1cc(Cl)cc(Cl)c1.O=C(O)c1ccccc1Nc1cccc(C(F)(F)F)c1. The van der Waals surface area contributed by atoms with Crippen molar-refractivity contribution in [3.05, 3.63) is 448 Å². The largest absolute Gasteiger partial charge is 0.481 e. The van der Waals surface area contributed by atoms with E-state index in [-0.39, 0.29) is 79.7 Å². The fourth-order valence-electron chi connectivity index (χ4n) is 13.6. The number of alkyl halides is 3. The minimum atomic E-state index is -4.44. The van der Waals surface area contributed by atoms with E-state index in [9.17, 15) is 92.3 Å². The van der Waals surface area contributed by atoms with E-state index in [0.717, 1.165) is 77.2 Å². The van der Waals surface area contributed by atoms with E-state index in [0.29, 0.717) is 129 Å². The van der Waals surface area contributed by atoms with Gasteiger partial charge in [-0.1, -0.05) is 201 Å². The molecule has 0 spiro atoms. The smallest absolute Gasteiger partial charge is 0.416 e. The number of aliphatic carboxylic acids is 1. The molecule has 14 aromatic rings. The molecule has 780 valence electrons. The van der Waals surface area contributed by atoms with Gasteiger partial charge in [0.15, 0.2) is 0 Å². The first kappa shape index (κ1) is 119. The number of non-ortho nitro benzene ring substituents is 4. The Bertz CT molecular complexity index is 7190. The second-order valence-electron chi connectivity index (χ2n) is 31.6. The molecular formula is C104H86Cl10F3N11O22. The van der Waals surface area contributed by atoms with Gasteiger partial charge in [0.2, 0.25) is 0 Å². The van der Waals surface area contributed by atoms with Crippen molar-refractivity contribution in [2.75, 3.05) is 56.9 Å². The summed E-state index contributed by atoms with van der Waals surface area (Å²) in [4.78, 5) is 118. The molecule has 0 saturated carbocycles. The lowest BCUT2D eigenvalue weighted by Crippen LogP contribution is -2.10. The van der Waals surface area contributed by atoms with Crippen LogP contribution in [0.25, 0.3) is 0 Å². The van der Waals surface area contributed by atoms with E-state index >= 15 is 0 Å². The van der Waals surface area contributed by atoms with Crippen LogP contribution in [-0.4, -0.2) is 117 Å². The highest BCUT2D eigenvalue weighted by Crippen LogP contribution is 2.39. The van der Waals surface area contributed by atoms with Gasteiger partial charge in [-0.25, -0.2) is 28.8 Å². The minimum absolute atomic E-state index is 0.00934. The molecule has 33 nitrogen and oxygen atoms in total. The van der Waals surface area contributed by atoms with Crippen LogP contribution in [0.1, 0.15) is 127 Å². The van der Waals surface area contributed by atoms with E-state index in [1.165, 1.54) is 84.4 Å². The van der Waals surface area contributed by atoms with Gasteiger partial charge in [-0.2, -0.15) is 13.2 Å². The van der Waals surface area contributed by atoms with Gasteiger partial charge in [0.1, 0.15) is 0 Å². The first-order valence-corrected chi connectivity index (χ1v) is 47.6. The van der Waals surface area contributed by atoms with Crippen LogP contribution in [0.5, 0.6) is 0 Å². The predicted molar refractivity (Wildman–Crippen MR) is 577 cm³/mol. The number of hydrogen-bond donors (Lipinski definition) is 14. The van der Waals surface area contributed by atoms with Crippen molar-refractivity contribution in [3.63, 3.8) is 0 Å². The summed E-state index contributed by atoms with van der Waals surface area (Å²) in [5.74, 6) is -8.53. The number of para-hydroxylation sites is 3. The Morgan fingerprint density at radius 1 is 0.320 bits per heavy atom. The number of carboxylic acids is 7. The number of hydrogen-bond acceptors (Lipinski definition) is 22. The summed E-state index contributed by atoms with van der Waals surface area (Å²) in [5.41, 5.74) is 7.32.